The molecule has 0 fully saturated rings. The molecule has 1 aromatic carbocycles. The molecule has 5 heteroatoms. The van der Waals surface area contributed by atoms with Gasteiger partial charge in [0.05, 0.1) is 10.2 Å². The molecule has 0 saturated carbocycles. The molecule has 1 aromatic heterocycles. The highest BCUT2D eigenvalue weighted by Gasteiger charge is 2.04. The maximum atomic E-state index is 11.0. The molecular weight excluding hydrogens is 176 g/mol. The molecule has 2 aromatic rings. The number of nitrogens with zero attached hydrogens (tertiary/aromatic N) is 1. The molecule has 0 amide bonds. The van der Waals surface area contributed by atoms with E-state index >= 15 is 0 Å². The highest BCUT2D eigenvalue weighted by atomic mass is 32.1. The van der Waals surface area contributed by atoms with Crippen LogP contribution in [-0.2, 0) is 0 Å². The molecule has 0 aliphatic heterocycles. The number of phenols is 1. The number of benzene rings is 1. The topological polar surface area (TPSA) is 68.2 Å². The summed E-state index contributed by atoms with van der Waals surface area (Å²) in [4.78, 5) is 10.8. The van der Waals surface area contributed by atoms with E-state index in [1.54, 1.807) is 6.07 Å². The Hall–Kier alpha value is -1.49. The minimum Gasteiger partial charge on any atom is -0.508 e. The minimum atomic E-state index is -0.226. The van der Waals surface area contributed by atoms with Gasteiger partial charge in [0.25, 0.3) is 0 Å². The van der Waals surface area contributed by atoms with Gasteiger partial charge in [-0.3, -0.25) is 4.79 Å². The van der Waals surface area contributed by atoms with E-state index < -0.39 is 0 Å². The zero-order chi connectivity index (χ0) is 8.72. The number of nitrogen functional groups attached to an aromatic ring is 1. The maximum absolute atomic E-state index is 11.0. The molecule has 0 unspecified atom stereocenters. The van der Waals surface area contributed by atoms with Crippen LogP contribution in [0.4, 0.5) is 0 Å². The van der Waals surface area contributed by atoms with Crippen LogP contribution in [0.3, 0.4) is 0 Å². The normalized spacial score (nSPS) is 10.7. The van der Waals surface area contributed by atoms with Gasteiger partial charge in [0.1, 0.15) is 5.75 Å². The Labute approximate surface area is 71.4 Å². The Morgan fingerprint density at radius 3 is 3.00 bits per heavy atom. The highest BCUT2D eigenvalue weighted by Crippen LogP contribution is 2.20. The van der Waals surface area contributed by atoms with Gasteiger partial charge in [0.2, 0.25) is 0 Å². The Morgan fingerprint density at radius 1 is 1.50 bits per heavy atom. The first kappa shape index (κ1) is 7.17. The van der Waals surface area contributed by atoms with Crippen LogP contribution in [0.25, 0.3) is 10.2 Å². The van der Waals surface area contributed by atoms with Crippen molar-refractivity contribution >= 4 is 21.6 Å². The fourth-order valence-corrected chi connectivity index (χ4v) is 1.80. The van der Waals surface area contributed by atoms with Gasteiger partial charge >= 0.3 is 4.87 Å². The summed E-state index contributed by atoms with van der Waals surface area (Å²) in [5.41, 5.74) is 0.560. The summed E-state index contributed by atoms with van der Waals surface area (Å²) in [7, 11) is 0. The van der Waals surface area contributed by atoms with Gasteiger partial charge < -0.3 is 10.9 Å². The summed E-state index contributed by atoms with van der Waals surface area (Å²) in [6.07, 6.45) is 0. The van der Waals surface area contributed by atoms with Crippen molar-refractivity contribution in [3.63, 3.8) is 0 Å². The van der Waals surface area contributed by atoms with Crippen molar-refractivity contribution in [2.75, 3.05) is 5.84 Å². The highest BCUT2D eigenvalue weighted by molar-refractivity contribution is 7.16. The third-order valence-corrected chi connectivity index (χ3v) is 2.53. The molecule has 62 valence electrons. The van der Waals surface area contributed by atoms with Crippen LogP contribution < -0.4 is 10.7 Å². The largest absolute Gasteiger partial charge is 0.508 e. The van der Waals surface area contributed by atoms with Gasteiger partial charge in [-0.1, -0.05) is 11.3 Å². The molecule has 3 N–H and O–H groups in total. The Balaban J connectivity index is 2.98. The molecule has 2 rings (SSSR count). The molecule has 0 aliphatic carbocycles. The number of hydrogen-bond donors (Lipinski definition) is 2. The third-order valence-electron chi connectivity index (χ3n) is 1.60. The molecule has 0 saturated heterocycles. The minimum absolute atomic E-state index is 0.111. The van der Waals surface area contributed by atoms with E-state index in [0.717, 1.165) is 20.7 Å². The number of rotatable bonds is 0. The van der Waals surface area contributed by atoms with Crippen LogP contribution in [-0.4, -0.2) is 9.78 Å². The van der Waals surface area contributed by atoms with Crippen molar-refractivity contribution in [3.05, 3.63) is 27.9 Å². The molecule has 4 nitrogen and oxygen atoms in total. The second-order valence-electron chi connectivity index (χ2n) is 2.39. The Morgan fingerprint density at radius 2 is 2.25 bits per heavy atom. The van der Waals surface area contributed by atoms with Crippen LogP contribution >= 0.6 is 11.3 Å². The number of fused-ring (bicyclic) bond motifs is 1. The molecule has 1 heterocycles. The average Bonchev–Trinajstić information content (AvgIpc) is 2.31. The van der Waals surface area contributed by atoms with Crippen LogP contribution in [0.2, 0.25) is 0 Å². The summed E-state index contributed by atoms with van der Waals surface area (Å²) in [5.74, 6) is 5.52. The van der Waals surface area contributed by atoms with Gasteiger partial charge in [-0.05, 0) is 12.1 Å². The van der Waals surface area contributed by atoms with Crippen molar-refractivity contribution < 1.29 is 5.11 Å². The second kappa shape index (κ2) is 2.25. The number of phenolic OH excluding ortho intramolecular Hbond substituents is 1. The van der Waals surface area contributed by atoms with Gasteiger partial charge in [0, 0.05) is 6.07 Å². The molecule has 0 spiro atoms. The van der Waals surface area contributed by atoms with Gasteiger partial charge in [-0.2, -0.15) is 0 Å². The summed E-state index contributed by atoms with van der Waals surface area (Å²) < 4.78 is 1.81. The lowest BCUT2D eigenvalue weighted by Crippen LogP contribution is -2.20. The van der Waals surface area contributed by atoms with Crippen molar-refractivity contribution in [3.8, 4) is 5.75 Å². The first-order valence-corrected chi connectivity index (χ1v) is 4.10. The number of aromatic nitrogens is 1. The molecule has 0 bridgehead atoms. The number of aromatic hydroxyl groups is 1. The smallest absolute Gasteiger partial charge is 0.326 e. The summed E-state index contributed by atoms with van der Waals surface area (Å²) >= 11 is 1.06. The standard InChI is InChI=1S/C7H6N2O2S/c8-9-5-3-4(10)1-2-6(5)12-7(9)11/h1-3,10H,8H2. The monoisotopic (exact) mass is 182 g/mol. The molecule has 0 radical (unpaired) electrons. The fourth-order valence-electron chi connectivity index (χ4n) is 1.02. The van der Waals surface area contributed by atoms with Gasteiger partial charge in [0.15, 0.2) is 0 Å². The maximum Gasteiger partial charge on any atom is 0.326 e. The van der Waals surface area contributed by atoms with E-state index in [1.807, 2.05) is 0 Å². The van der Waals surface area contributed by atoms with E-state index in [2.05, 4.69) is 0 Å². The Bertz CT molecular complexity index is 486. The summed E-state index contributed by atoms with van der Waals surface area (Å²) in [6, 6.07) is 4.66. The lowest BCUT2D eigenvalue weighted by molar-refractivity contribution is 0.476. The third kappa shape index (κ3) is 0.868. The predicted molar refractivity (Wildman–Crippen MR) is 47.9 cm³/mol. The summed E-state index contributed by atoms with van der Waals surface area (Å²) in [6.45, 7) is 0. The second-order valence-corrected chi connectivity index (χ2v) is 3.38. The van der Waals surface area contributed by atoms with Crippen molar-refractivity contribution in [2.45, 2.75) is 0 Å². The zero-order valence-electron chi connectivity index (χ0n) is 6.02. The van der Waals surface area contributed by atoms with Gasteiger partial charge in [-0.25, -0.2) is 4.68 Å². The van der Waals surface area contributed by atoms with Gasteiger partial charge in [-0.15, -0.1) is 0 Å². The van der Waals surface area contributed by atoms with E-state index in [4.69, 9.17) is 10.9 Å². The quantitative estimate of drug-likeness (QED) is 0.582. The molecule has 0 atom stereocenters. The molecule has 12 heavy (non-hydrogen) atoms. The Kier molecular flexibility index (Phi) is 1.34. The van der Waals surface area contributed by atoms with Crippen LogP contribution in [0.5, 0.6) is 5.75 Å². The number of thiazole rings is 1. The van der Waals surface area contributed by atoms with E-state index in [1.165, 1.54) is 12.1 Å². The van der Waals surface area contributed by atoms with Crippen LogP contribution in [0.1, 0.15) is 0 Å². The average molecular weight is 182 g/mol. The predicted octanol–water partition coefficient (Wildman–Crippen LogP) is 0.482. The number of hydrogen-bond acceptors (Lipinski definition) is 4. The number of nitrogens with two attached hydrogens (primary N) is 1. The summed E-state index contributed by atoms with van der Waals surface area (Å²) in [5, 5.41) is 9.10. The molecule has 0 aliphatic rings. The first-order chi connectivity index (χ1) is 5.68. The van der Waals surface area contributed by atoms with Crippen molar-refractivity contribution in [1.82, 2.24) is 4.68 Å². The van der Waals surface area contributed by atoms with E-state index in [-0.39, 0.29) is 10.6 Å². The lowest BCUT2D eigenvalue weighted by Gasteiger charge is -1.93. The molecular formula is C7H6N2O2S. The van der Waals surface area contributed by atoms with Crippen molar-refractivity contribution in [2.24, 2.45) is 0 Å². The first-order valence-electron chi connectivity index (χ1n) is 3.28. The van der Waals surface area contributed by atoms with Crippen molar-refractivity contribution in [1.29, 1.82) is 0 Å². The van der Waals surface area contributed by atoms with E-state index in [9.17, 15) is 4.79 Å². The zero-order valence-corrected chi connectivity index (χ0v) is 6.84. The fraction of sp³-hybridized carbons (Fsp3) is 0. The van der Waals surface area contributed by atoms with Crippen LogP contribution in [0.15, 0.2) is 23.0 Å². The SMILES string of the molecule is Nn1c(=O)sc2ccc(O)cc21. The van der Waals surface area contributed by atoms with Crippen LogP contribution in [0, 0.1) is 0 Å². The van der Waals surface area contributed by atoms with E-state index in [0.29, 0.717) is 5.52 Å². The lowest BCUT2D eigenvalue weighted by atomic mass is 10.3.